The van der Waals surface area contributed by atoms with Crippen LogP contribution in [0.25, 0.3) is 0 Å². The fourth-order valence-electron chi connectivity index (χ4n) is 2.83. The summed E-state index contributed by atoms with van der Waals surface area (Å²) in [4.78, 5) is 14.6. The smallest absolute Gasteiger partial charge is 0.308 e. The van der Waals surface area contributed by atoms with E-state index < -0.39 is 0 Å². The van der Waals surface area contributed by atoms with Gasteiger partial charge in [0.25, 0.3) is 0 Å². The van der Waals surface area contributed by atoms with Crippen LogP contribution in [-0.4, -0.2) is 23.2 Å². The molecule has 1 fully saturated rings. The molecule has 126 valence electrons. The van der Waals surface area contributed by atoms with Crippen molar-refractivity contribution >= 4 is 23.5 Å². The Labute approximate surface area is 148 Å². The number of anilines is 1. The first-order valence-electron chi connectivity index (χ1n) is 8.40. The highest BCUT2D eigenvalue weighted by Crippen LogP contribution is 2.38. The highest BCUT2D eigenvalue weighted by atomic mass is 32.2. The monoisotopic (exact) mass is 340 g/mol. The summed E-state index contributed by atoms with van der Waals surface area (Å²) >= 11 is 1.82. The number of urea groups is 1. The minimum atomic E-state index is -0.0261. The lowest BCUT2D eigenvalue weighted by molar-refractivity contribution is 0.214. The number of aryl methyl sites for hydroxylation is 1. The minimum Gasteiger partial charge on any atom is -0.308 e. The van der Waals surface area contributed by atoms with Crippen molar-refractivity contribution in [2.45, 2.75) is 32.1 Å². The summed E-state index contributed by atoms with van der Waals surface area (Å²) in [7, 11) is 0. The van der Waals surface area contributed by atoms with Crippen LogP contribution in [-0.2, 0) is 0 Å². The molecule has 1 heterocycles. The number of hydrogen-bond donors (Lipinski definition) is 1. The molecule has 1 atom stereocenters. The lowest BCUT2D eigenvalue weighted by atomic mass is 10.0. The van der Waals surface area contributed by atoms with Crippen molar-refractivity contribution < 1.29 is 4.79 Å². The molecule has 1 saturated heterocycles. The van der Waals surface area contributed by atoms with Crippen LogP contribution in [0.1, 0.15) is 41.8 Å². The molecule has 3 rings (SSSR count). The maximum atomic E-state index is 12.7. The van der Waals surface area contributed by atoms with Gasteiger partial charge in [-0.25, -0.2) is 4.79 Å². The predicted octanol–water partition coefficient (Wildman–Crippen LogP) is 5.40. The number of rotatable bonds is 3. The van der Waals surface area contributed by atoms with E-state index in [0.717, 1.165) is 18.0 Å². The molecule has 0 saturated carbocycles. The molecule has 0 radical (unpaired) electrons. The van der Waals surface area contributed by atoms with Gasteiger partial charge in [-0.15, -0.1) is 11.8 Å². The third kappa shape index (κ3) is 3.75. The van der Waals surface area contributed by atoms with Gasteiger partial charge in [-0.05, 0) is 36.1 Å². The van der Waals surface area contributed by atoms with Crippen LogP contribution in [0.4, 0.5) is 10.5 Å². The van der Waals surface area contributed by atoms with Crippen LogP contribution in [0.15, 0.2) is 48.5 Å². The Morgan fingerprint density at radius 3 is 2.42 bits per heavy atom. The Hall–Kier alpha value is -1.94. The van der Waals surface area contributed by atoms with Crippen molar-refractivity contribution in [1.29, 1.82) is 0 Å². The van der Waals surface area contributed by atoms with E-state index in [4.69, 9.17) is 0 Å². The summed E-state index contributed by atoms with van der Waals surface area (Å²) in [5.41, 5.74) is 4.56. The minimum absolute atomic E-state index is 0.0261. The van der Waals surface area contributed by atoms with Crippen molar-refractivity contribution in [3.05, 3.63) is 65.2 Å². The number of nitrogens with one attached hydrogen (secondary N) is 1. The Bertz CT molecular complexity index is 695. The quantitative estimate of drug-likeness (QED) is 0.811. The van der Waals surface area contributed by atoms with Gasteiger partial charge >= 0.3 is 6.03 Å². The van der Waals surface area contributed by atoms with Gasteiger partial charge in [0.15, 0.2) is 0 Å². The SMILES string of the molecule is Cc1ccc(NC(=O)N2CCS[C@@H]2c2ccc(C(C)C)cc2)cc1. The summed E-state index contributed by atoms with van der Waals surface area (Å²) in [5.74, 6) is 1.49. The first-order valence-corrected chi connectivity index (χ1v) is 9.45. The second kappa shape index (κ2) is 7.31. The van der Waals surface area contributed by atoms with Gasteiger partial charge in [0.05, 0.1) is 0 Å². The Kier molecular flexibility index (Phi) is 5.14. The number of benzene rings is 2. The normalized spacial score (nSPS) is 17.3. The van der Waals surface area contributed by atoms with Gasteiger partial charge < -0.3 is 10.2 Å². The largest absolute Gasteiger partial charge is 0.323 e. The number of amides is 2. The molecule has 1 aliphatic heterocycles. The average molecular weight is 340 g/mol. The van der Waals surface area contributed by atoms with Crippen LogP contribution < -0.4 is 5.32 Å². The topological polar surface area (TPSA) is 32.3 Å². The number of nitrogens with zero attached hydrogens (tertiary/aromatic N) is 1. The molecule has 2 aromatic rings. The van der Waals surface area contributed by atoms with E-state index in [1.54, 1.807) is 0 Å². The van der Waals surface area contributed by atoms with E-state index >= 15 is 0 Å². The molecule has 2 amide bonds. The van der Waals surface area contributed by atoms with Crippen LogP contribution >= 0.6 is 11.8 Å². The van der Waals surface area contributed by atoms with Crippen molar-refractivity contribution in [2.24, 2.45) is 0 Å². The molecule has 0 aliphatic carbocycles. The van der Waals surface area contributed by atoms with Crippen LogP contribution in [0.2, 0.25) is 0 Å². The zero-order chi connectivity index (χ0) is 17.1. The Balaban J connectivity index is 1.72. The van der Waals surface area contributed by atoms with E-state index in [0.29, 0.717) is 5.92 Å². The highest BCUT2D eigenvalue weighted by molar-refractivity contribution is 7.99. The van der Waals surface area contributed by atoms with E-state index in [1.807, 2.05) is 47.9 Å². The van der Waals surface area contributed by atoms with Crippen LogP contribution in [0, 0.1) is 6.92 Å². The molecular weight excluding hydrogens is 316 g/mol. The van der Waals surface area contributed by atoms with Gasteiger partial charge in [0.2, 0.25) is 0 Å². The van der Waals surface area contributed by atoms with Crippen LogP contribution in [0.3, 0.4) is 0 Å². The predicted molar refractivity (Wildman–Crippen MR) is 103 cm³/mol. The summed E-state index contributed by atoms with van der Waals surface area (Å²) < 4.78 is 0. The number of carbonyl (C=O) groups excluding carboxylic acids is 1. The summed E-state index contributed by atoms with van der Waals surface area (Å²) in [5, 5.41) is 3.11. The first-order chi connectivity index (χ1) is 11.5. The molecule has 4 heteroatoms. The molecule has 0 bridgehead atoms. The number of thioether (sulfide) groups is 1. The Morgan fingerprint density at radius 2 is 1.79 bits per heavy atom. The zero-order valence-corrected chi connectivity index (χ0v) is 15.3. The molecule has 0 unspecified atom stereocenters. The lowest BCUT2D eigenvalue weighted by Crippen LogP contribution is -2.34. The maximum Gasteiger partial charge on any atom is 0.323 e. The Morgan fingerprint density at radius 1 is 1.12 bits per heavy atom. The summed E-state index contributed by atoms with van der Waals surface area (Å²) in [6.45, 7) is 7.21. The summed E-state index contributed by atoms with van der Waals surface area (Å²) in [6.07, 6.45) is 0. The van der Waals surface area contributed by atoms with Crippen molar-refractivity contribution in [2.75, 3.05) is 17.6 Å². The summed E-state index contributed by atoms with van der Waals surface area (Å²) in [6, 6.07) is 16.6. The number of hydrogen-bond acceptors (Lipinski definition) is 2. The number of carbonyl (C=O) groups is 1. The molecule has 0 spiro atoms. The zero-order valence-electron chi connectivity index (χ0n) is 14.5. The van der Waals surface area contributed by atoms with E-state index in [9.17, 15) is 4.79 Å². The highest BCUT2D eigenvalue weighted by Gasteiger charge is 2.30. The third-order valence-electron chi connectivity index (χ3n) is 4.34. The van der Waals surface area contributed by atoms with Crippen molar-refractivity contribution in [3.8, 4) is 0 Å². The van der Waals surface area contributed by atoms with Crippen LogP contribution in [0.5, 0.6) is 0 Å². The second-order valence-corrected chi connectivity index (χ2v) is 7.72. The maximum absolute atomic E-state index is 12.7. The van der Waals surface area contributed by atoms with E-state index in [2.05, 4.69) is 43.4 Å². The second-order valence-electron chi connectivity index (χ2n) is 6.53. The average Bonchev–Trinajstić information content (AvgIpc) is 3.07. The standard InChI is InChI=1S/C20H24N2OS/c1-14(2)16-6-8-17(9-7-16)19-22(12-13-24-19)20(23)21-18-10-4-15(3)5-11-18/h4-11,14,19H,12-13H2,1-3H3,(H,21,23)/t19-/m1/s1. The van der Waals surface area contributed by atoms with Gasteiger partial charge in [0, 0.05) is 18.0 Å². The molecular formula is C20H24N2OS. The van der Waals surface area contributed by atoms with Gasteiger partial charge in [-0.1, -0.05) is 55.8 Å². The molecule has 1 N–H and O–H groups in total. The molecule has 24 heavy (non-hydrogen) atoms. The van der Waals surface area contributed by atoms with Gasteiger partial charge in [-0.2, -0.15) is 0 Å². The van der Waals surface area contributed by atoms with E-state index in [-0.39, 0.29) is 11.4 Å². The van der Waals surface area contributed by atoms with Crippen molar-refractivity contribution in [1.82, 2.24) is 4.90 Å². The lowest BCUT2D eigenvalue weighted by Gasteiger charge is -2.24. The van der Waals surface area contributed by atoms with Gasteiger partial charge in [0.1, 0.15) is 5.37 Å². The van der Waals surface area contributed by atoms with Crippen molar-refractivity contribution in [3.63, 3.8) is 0 Å². The molecule has 3 nitrogen and oxygen atoms in total. The fourth-order valence-corrected chi connectivity index (χ4v) is 4.09. The fraction of sp³-hybridized carbons (Fsp3) is 0.350. The third-order valence-corrected chi connectivity index (χ3v) is 5.60. The van der Waals surface area contributed by atoms with Gasteiger partial charge in [-0.3, -0.25) is 0 Å². The first kappa shape index (κ1) is 16.9. The van der Waals surface area contributed by atoms with E-state index in [1.165, 1.54) is 16.7 Å². The molecule has 0 aromatic heterocycles. The molecule has 1 aliphatic rings. The molecule has 2 aromatic carbocycles.